The molecule has 0 saturated carbocycles. The monoisotopic (exact) mass is 666 g/mol. The molecule has 2 aliphatic rings. The van der Waals surface area contributed by atoms with E-state index in [2.05, 4.69) is 16.8 Å². The van der Waals surface area contributed by atoms with Gasteiger partial charge < -0.3 is 23.9 Å². The zero-order valence-electron chi connectivity index (χ0n) is 25.9. The summed E-state index contributed by atoms with van der Waals surface area (Å²) in [6.45, 7) is 3.50. The first-order valence-electron chi connectivity index (χ1n) is 14.8. The Bertz CT molecular complexity index is 1850. The van der Waals surface area contributed by atoms with Crippen molar-refractivity contribution in [3.63, 3.8) is 0 Å². The van der Waals surface area contributed by atoms with Crippen LogP contribution in [0.25, 0.3) is 0 Å². The highest BCUT2D eigenvalue weighted by atomic mass is 35.5. The van der Waals surface area contributed by atoms with Gasteiger partial charge in [0.15, 0.2) is 5.54 Å². The predicted octanol–water partition coefficient (Wildman–Crippen LogP) is 4.58. The van der Waals surface area contributed by atoms with E-state index in [0.717, 1.165) is 16.4 Å². The molecule has 3 unspecified atom stereocenters. The van der Waals surface area contributed by atoms with E-state index in [4.69, 9.17) is 25.5 Å². The number of aromatic nitrogens is 1. The summed E-state index contributed by atoms with van der Waals surface area (Å²) in [6.07, 6.45) is 2.23. The number of carbonyl (C=O) groups is 1. The van der Waals surface area contributed by atoms with Gasteiger partial charge in [-0.1, -0.05) is 30.7 Å². The third-order valence-electron chi connectivity index (χ3n) is 8.75. The minimum absolute atomic E-state index is 0.00460. The second kappa shape index (κ2) is 12.3. The zero-order valence-corrected chi connectivity index (χ0v) is 27.5. The van der Waals surface area contributed by atoms with Gasteiger partial charge in [-0.05, 0) is 74.1 Å². The number of aliphatic hydroxyl groups excluding tert-OH is 1. The van der Waals surface area contributed by atoms with Gasteiger partial charge in [-0.3, -0.25) is 9.69 Å². The van der Waals surface area contributed by atoms with Crippen molar-refractivity contribution in [3.05, 3.63) is 101 Å². The minimum atomic E-state index is -4.47. The Hall–Kier alpha value is -3.94. The van der Waals surface area contributed by atoms with Crippen molar-refractivity contribution < 1.29 is 32.2 Å². The second-order valence-corrected chi connectivity index (χ2v) is 13.6. The van der Waals surface area contributed by atoms with E-state index in [0.29, 0.717) is 34.2 Å². The van der Waals surface area contributed by atoms with E-state index in [-0.39, 0.29) is 29.4 Å². The molecule has 6 rings (SSSR count). The topological polar surface area (TPSA) is 126 Å². The van der Waals surface area contributed by atoms with Gasteiger partial charge in [-0.15, -0.1) is 0 Å². The quantitative estimate of drug-likeness (QED) is 0.257. The molecular weight excluding hydrogens is 632 g/mol. The third-order valence-corrected chi connectivity index (χ3v) is 10.7. The number of benzene rings is 3. The van der Waals surface area contributed by atoms with Crippen LogP contribution in [0.1, 0.15) is 42.0 Å². The van der Waals surface area contributed by atoms with E-state index in [1.807, 2.05) is 19.2 Å². The molecule has 1 N–H and O–H groups in total. The van der Waals surface area contributed by atoms with Gasteiger partial charge in [-0.2, -0.15) is 0 Å². The predicted molar refractivity (Wildman–Crippen MR) is 171 cm³/mol. The van der Waals surface area contributed by atoms with Crippen LogP contribution in [-0.2, 0) is 26.9 Å². The molecule has 3 aromatic carbocycles. The lowest BCUT2D eigenvalue weighted by Crippen LogP contribution is -2.55. The number of hydrogen-bond donors (Lipinski definition) is 1. The number of anilines is 1. The van der Waals surface area contributed by atoms with Crippen LogP contribution in [0.3, 0.4) is 0 Å². The van der Waals surface area contributed by atoms with Crippen LogP contribution in [0.2, 0.25) is 5.02 Å². The number of ether oxygens (including phenoxy) is 2. The Balaban J connectivity index is 1.64. The Kier molecular flexibility index (Phi) is 8.59. The van der Waals surface area contributed by atoms with Crippen molar-refractivity contribution in [2.45, 2.75) is 42.5 Å². The summed E-state index contributed by atoms with van der Waals surface area (Å²) >= 11 is 6.61. The largest absolute Gasteiger partial charge is 0.497 e. The molecule has 0 spiro atoms. The number of methoxy groups -OCH3 is 2. The number of fused-ring (bicyclic) bond motifs is 1. The number of sulfonamides is 1. The fourth-order valence-corrected chi connectivity index (χ4v) is 8.14. The van der Waals surface area contributed by atoms with Crippen LogP contribution in [0.4, 0.5) is 5.69 Å². The zero-order chi connectivity index (χ0) is 32.8. The number of carbonyl (C=O) groups excluding carboxylic acids is 1. The van der Waals surface area contributed by atoms with Gasteiger partial charge in [0.1, 0.15) is 17.8 Å². The summed E-state index contributed by atoms with van der Waals surface area (Å²) in [5, 5.41) is 11.4. The Morgan fingerprint density at radius 3 is 2.50 bits per heavy atom. The summed E-state index contributed by atoms with van der Waals surface area (Å²) in [5.41, 5.74) is -0.0365. The molecule has 0 aliphatic carbocycles. The number of β-amino-alcohol motifs (C(OH)–C–C–N with tert-alkyl or cyclic N) is 1. The molecule has 13 heteroatoms. The number of nitrogens with zero attached hydrogens (tertiary/aromatic N) is 4. The average molecular weight is 667 g/mol. The van der Waals surface area contributed by atoms with Crippen molar-refractivity contribution in [1.82, 2.24) is 14.8 Å². The maximum absolute atomic E-state index is 15.4. The molecule has 11 nitrogen and oxygen atoms in total. The average Bonchev–Trinajstić information content (AvgIpc) is 3.78. The van der Waals surface area contributed by atoms with Gasteiger partial charge in [0.25, 0.3) is 15.9 Å². The first kappa shape index (κ1) is 32.0. The second-order valence-electron chi connectivity index (χ2n) is 11.4. The molecule has 1 fully saturated rings. The molecule has 1 amide bonds. The van der Waals surface area contributed by atoms with E-state index >= 15 is 4.79 Å². The summed E-state index contributed by atoms with van der Waals surface area (Å²) in [4.78, 5) is 23.5. The van der Waals surface area contributed by atoms with Gasteiger partial charge in [0.2, 0.25) is 5.89 Å². The molecule has 1 saturated heterocycles. The lowest BCUT2D eigenvalue weighted by atomic mass is 9.80. The fraction of sp³-hybridized carbons (Fsp3) is 0.333. The van der Waals surface area contributed by atoms with Crippen molar-refractivity contribution in [2.75, 3.05) is 38.7 Å². The minimum Gasteiger partial charge on any atom is -0.497 e. The lowest BCUT2D eigenvalue weighted by Gasteiger charge is -2.41. The third kappa shape index (κ3) is 5.14. The first-order valence-corrected chi connectivity index (χ1v) is 16.6. The number of amides is 1. The number of aliphatic hydroxyl groups is 1. The smallest absolute Gasteiger partial charge is 0.271 e. The van der Waals surface area contributed by atoms with Gasteiger partial charge in [-0.25, -0.2) is 17.7 Å². The highest BCUT2D eigenvalue weighted by Crippen LogP contribution is 2.56. The van der Waals surface area contributed by atoms with Gasteiger partial charge in [0.05, 0.1) is 43.1 Å². The van der Waals surface area contributed by atoms with Crippen molar-refractivity contribution in [1.29, 1.82) is 0 Å². The first-order chi connectivity index (χ1) is 22.1. The van der Waals surface area contributed by atoms with Crippen LogP contribution in [0, 0.1) is 0 Å². The normalized spacial score (nSPS) is 21.6. The highest BCUT2D eigenvalue weighted by molar-refractivity contribution is 7.93. The van der Waals surface area contributed by atoms with Crippen molar-refractivity contribution in [3.8, 4) is 11.5 Å². The molecule has 3 atom stereocenters. The molecule has 2 aliphatic heterocycles. The van der Waals surface area contributed by atoms with Crippen LogP contribution in [0.5, 0.6) is 11.5 Å². The lowest BCUT2D eigenvalue weighted by molar-refractivity contribution is -0.127. The summed E-state index contributed by atoms with van der Waals surface area (Å²) in [6, 6.07) is 15.4. The summed E-state index contributed by atoms with van der Waals surface area (Å²) in [5.74, 6) is 0.344. The Labute approximate surface area is 273 Å². The molecule has 1 aromatic heterocycles. The molecule has 0 bridgehead atoms. The van der Waals surface area contributed by atoms with Crippen LogP contribution in [-0.4, -0.2) is 74.7 Å². The van der Waals surface area contributed by atoms with Crippen molar-refractivity contribution in [2.24, 2.45) is 0 Å². The number of hydrogen-bond acceptors (Lipinski definition) is 10. The number of oxazole rings is 1. The van der Waals surface area contributed by atoms with Gasteiger partial charge >= 0.3 is 0 Å². The van der Waals surface area contributed by atoms with E-state index < -0.39 is 33.6 Å². The molecule has 4 aromatic rings. The standard InChI is InChI=1S/C33H35ClN4O7S/c1-5-36(2)19-21-6-12-26(30(16-21)44-4)33(37-20-23(39)18-29(37)31-35-14-15-45-31)27-17-22(34)7-13-28(27)38(32(33)40)46(41,42)25-10-8-24(43-3)9-11-25/h6-17,23,29,39H,5,18-20H2,1-4H3. The van der Waals surface area contributed by atoms with E-state index in [1.54, 1.807) is 23.1 Å². The number of halogens is 1. The van der Waals surface area contributed by atoms with Crippen LogP contribution >= 0.6 is 11.6 Å². The van der Waals surface area contributed by atoms with Crippen LogP contribution in [0.15, 0.2) is 82.4 Å². The van der Waals surface area contributed by atoms with Gasteiger partial charge in [0, 0.05) is 29.2 Å². The van der Waals surface area contributed by atoms with Crippen molar-refractivity contribution >= 4 is 33.2 Å². The fourth-order valence-electron chi connectivity index (χ4n) is 6.51. The molecule has 0 radical (unpaired) electrons. The number of likely N-dealkylation sites (tertiary alicyclic amines) is 1. The van der Waals surface area contributed by atoms with E-state index in [1.165, 1.54) is 57.0 Å². The summed E-state index contributed by atoms with van der Waals surface area (Å²) < 4.78 is 46.7. The van der Waals surface area contributed by atoms with Crippen LogP contribution < -0.4 is 13.8 Å². The maximum atomic E-state index is 15.4. The Morgan fingerprint density at radius 2 is 1.85 bits per heavy atom. The molecule has 242 valence electrons. The summed E-state index contributed by atoms with van der Waals surface area (Å²) in [7, 11) is 0.515. The number of rotatable bonds is 10. The molecular formula is C33H35ClN4O7S. The SMILES string of the molecule is CCN(C)Cc1ccc(C2(N3CC(O)CC3c3ncco3)C(=O)N(S(=O)(=O)c3ccc(OC)cc3)c3ccc(Cl)cc32)c(OC)c1. The molecule has 3 heterocycles. The molecule has 46 heavy (non-hydrogen) atoms. The van der Waals surface area contributed by atoms with E-state index in [9.17, 15) is 13.5 Å². The Morgan fingerprint density at radius 1 is 1.09 bits per heavy atom. The highest BCUT2D eigenvalue weighted by Gasteiger charge is 2.63. The maximum Gasteiger partial charge on any atom is 0.271 e.